The van der Waals surface area contributed by atoms with Crippen LogP contribution in [0.25, 0.3) is 10.9 Å². The third kappa shape index (κ3) is 3.30. The smallest absolute Gasteiger partial charge is 0.341 e. The first-order chi connectivity index (χ1) is 13.9. The Morgan fingerprint density at radius 3 is 2.48 bits per heavy atom. The maximum absolute atomic E-state index is 15.2. The average molecular weight is 404 g/mol. The number of piperidine rings is 1. The molecular formula is C21H25FN2O5. The van der Waals surface area contributed by atoms with Crippen molar-refractivity contribution >= 4 is 22.6 Å². The van der Waals surface area contributed by atoms with E-state index in [2.05, 4.69) is 0 Å². The van der Waals surface area contributed by atoms with Crippen LogP contribution in [-0.2, 0) is 0 Å². The first-order valence-electron chi connectivity index (χ1n) is 9.95. The lowest BCUT2D eigenvalue weighted by Crippen LogP contribution is -2.44. The van der Waals surface area contributed by atoms with Crippen molar-refractivity contribution in [2.24, 2.45) is 11.8 Å². The van der Waals surface area contributed by atoms with Crippen LogP contribution < -0.4 is 10.3 Å². The Hall–Kier alpha value is -2.45. The number of rotatable bonds is 5. The number of pyridine rings is 1. The minimum Gasteiger partial charge on any atom is -0.477 e. The van der Waals surface area contributed by atoms with Crippen LogP contribution in [0.15, 0.2) is 17.1 Å². The van der Waals surface area contributed by atoms with Crippen molar-refractivity contribution in [2.45, 2.75) is 32.2 Å². The molecule has 0 bridgehead atoms. The normalized spacial score (nSPS) is 22.3. The maximum Gasteiger partial charge on any atom is 0.341 e. The lowest BCUT2D eigenvalue weighted by Gasteiger charge is -2.39. The highest BCUT2D eigenvalue weighted by Gasteiger charge is 2.33. The minimum atomic E-state index is -1.31. The van der Waals surface area contributed by atoms with Gasteiger partial charge in [-0.3, -0.25) is 4.79 Å². The van der Waals surface area contributed by atoms with E-state index in [-0.39, 0.29) is 42.0 Å². The Morgan fingerprint density at radius 2 is 1.90 bits per heavy atom. The summed E-state index contributed by atoms with van der Waals surface area (Å²) in [6.45, 7) is 2.59. The molecule has 2 aromatic rings. The van der Waals surface area contributed by atoms with Crippen LogP contribution in [0.3, 0.4) is 0 Å². The molecule has 2 fully saturated rings. The van der Waals surface area contributed by atoms with Crippen LogP contribution in [0.5, 0.6) is 0 Å². The molecule has 1 aromatic carbocycles. The molecule has 1 saturated carbocycles. The predicted molar refractivity (Wildman–Crippen MR) is 106 cm³/mol. The van der Waals surface area contributed by atoms with Gasteiger partial charge in [-0.15, -0.1) is 0 Å². The van der Waals surface area contributed by atoms with Gasteiger partial charge in [-0.1, -0.05) is 0 Å². The Balaban J connectivity index is 1.89. The van der Waals surface area contributed by atoms with Gasteiger partial charge < -0.3 is 24.8 Å². The largest absolute Gasteiger partial charge is 0.477 e. The number of nitrogens with zero attached hydrogens (tertiary/aromatic N) is 2. The van der Waals surface area contributed by atoms with Crippen LogP contribution >= 0.6 is 0 Å². The maximum atomic E-state index is 15.2. The molecule has 1 aromatic heterocycles. The van der Waals surface area contributed by atoms with Gasteiger partial charge in [-0.05, 0) is 43.7 Å². The van der Waals surface area contributed by atoms with Gasteiger partial charge in [0.15, 0.2) is 0 Å². The zero-order valence-corrected chi connectivity index (χ0v) is 16.3. The molecule has 156 valence electrons. The van der Waals surface area contributed by atoms with E-state index in [0.717, 1.165) is 18.9 Å². The molecule has 1 aliphatic heterocycles. The highest BCUT2D eigenvalue weighted by Crippen LogP contribution is 2.40. The third-order valence-corrected chi connectivity index (χ3v) is 6.33. The van der Waals surface area contributed by atoms with E-state index in [1.165, 1.54) is 6.20 Å². The molecule has 4 rings (SSSR count). The molecule has 29 heavy (non-hydrogen) atoms. The van der Waals surface area contributed by atoms with E-state index in [4.69, 9.17) is 0 Å². The Labute approximate surface area is 167 Å². The van der Waals surface area contributed by atoms with E-state index in [1.54, 1.807) is 6.92 Å². The Bertz CT molecular complexity index is 1030. The number of hydrogen-bond acceptors (Lipinski definition) is 5. The van der Waals surface area contributed by atoms with Gasteiger partial charge >= 0.3 is 5.97 Å². The fourth-order valence-electron chi connectivity index (χ4n) is 4.58. The van der Waals surface area contributed by atoms with Crippen molar-refractivity contribution in [3.05, 3.63) is 39.4 Å². The monoisotopic (exact) mass is 404 g/mol. The quantitative estimate of drug-likeness (QED) is 0.704. The van der Waals surface area contributed by atoms with Gasteiger partial charge in [-0.2, -0.15) is 0 Å². The summed E-state index contributed by atoms with van der Waals surface area (Å²) in [5.41, 5.74) is 0.526. The van der Waals surface area contributed by atoms with Crippen molar-refractivity contribution in [1.29, 1.82) is 0 Å². The van der Waals surface area contributed by atoms with Crippen LogP contribution in [0, 0.1) is 24.6 Å². The number of anilines is 1. The number of hydrogen-bond donors (Lipinski definition) is 3. The molecule has 2 aliphatic rings. The number of aromatic carboxylic acids is 1. The number of aliphatic hydroxyl groups is 2. The fraction of sp³-hybridized carbons (Fsp3) is 0.524. The molecule has 3 N–H and O–H groups in total. The molecule has 0 spiro atoms. The van der Waals surface area contributed by atoms with Crippen LogP contribution in [0.4, 0.5) is 10.1 Å². The lowest BCUT2D eigenvalue weighted by molar-refractivity contribution is 0.0695. The fourth-order valence-corrected chi connectivity index (χ4v) is 4.58. The van der Waals surface area contributed by atoms with Crippen molar-refractivity contribution in [3.63, 3.8) is 0 Å². The standard InChI is InChI=1S/C21H25FN2O5/c1-11-18-15(20(27)16(21(28)29)8-24(18)14-2-3-14)6-17(22)19(11)23-5-4-12(9-25)13(7-23)10-26/h6,8,12-14,25-26H,2-5,7,9-10H2,1H3,(H,28,29)/t12-,13+/m1/s1. The van der Waals surface area contributed by atoms with Crippen molar-refractivity contribution in [3.8, 4) is 0 Å². The van der Waals surface area contributed by atoms with E-state index < -0.39 is 17.2 Å². The predicted octanol–water partition coefficient (Wildman–Crippen LogP) is 1.91. The second-order valence-corrected chi connectivity index (χ2v) is 8.16. The van der Waals surface area contributed by atoms with Crippen LogP contribution in [0.2, 0.25) is 0 Å². The second-order valence-electron chi connectivity index (χ2n) is 8.16. The van der Waals surface area contributed by atoms with Crippen molar-refractivity contribution < 1.29 is 24.5 Å². The number of halogens is 1. The van der Waals surface area contributed by atoms with Crippen molar-refractivity contribution in [2.75, 3.05) is 31.2 Å². The SMILES string of the molecule is Cc1c(N2CC[C@H](CO)[C@H](CO)C2)c(F)cc2c(=O)c(C(=O)O)cn(C3CC3)c12. The molecule has 0 amide bonds. The van der Waals surface area contributed by atoms with Gasteiger partial charge in [0, 0.05) is 49.8 Å². The highest BCUT2D eigenvalue weighted by atomic mass is 19.1. The van der Waals surface area contributed by atoms with Gasteiger partial charge in [0.05, 0.1) is 11.2 Å². The molecule has 1 aliphatic carbocycles. The first-order valence-corrected chi connectivity index (χ1v) is 9.95. The number of aliphatic hydroxyl groups excluding tert-OH is 2. The molecule has 2 heterocycles. The summed E-state index contributed by atoms with van der Waals surface area (Å²) in [4.78, 5) is 26.1. The number of fused-ring (bicyclic) bond motifs is 1. The zero-order valence-electron chi connectivity index (χ0n) is 16.3. The minimum absolute atomic E-state index is 0.0164. The number of aromatic nitrogens is 1. The molecule has 7 nitrogen and oxygen atoms in total. The molecule has 2 atom stereocenters. The summed E-state index contributed by atoms with van der Waals surface area (Å²) in [6.07, 6.45) is 3.79. The van der Waals surface area contributed by atoms with Gasteiger partial charge in [-0.25, -0.2) is 9.18 Å². The third-order valence-electron chi connectivity index (χ3n) is 6.33. The van der Waals surface area contributed by atoms with Crippen molar-refractivity contribution in [1.82, 2.24) is 4.57 Å². The summed E-state index contributed by atoms with van der Waals surface area (Å²) < 4.78 is 17.0. The molecule has 8 heteroatoms. The average Bonchev–Trinajstić information content (AvgIpc) is 3.53. The van der Waals surface area contributed by atoms with Crippen LogP contribution in [-0.4, -0.2) is 52.2 Å². The van der Waals surface area contributed by atoms with E-state index >= 15 is 4.39 Å². The zero-order chi connectivity index (χ0) is 20.9. The number of carboxylic acids is 1. The van der Waals surface area contributed by atoms with E-state index in [9.17, 15) is 24.9 Å². The number of carbonyl (C=O) groups is 1. The van der Waals surface area contributed by atoms with E-state index in [1.807, 2.05) is 9.47 Å². The van der Waals surface area contributed by atoms with Gasteiger partial charge in [0.2, 0.25) is 5.43 Å². The van der Waals surface area contributed by atoms with Gasteiger partial charge in [0.1, 0.15) is 11.4 Å². The molecule has 0 radical (unpaired) electrons. The topological polar surface area (TPSA) is 103 Å². The van der Waals surface area contributed by atoms with Crippen LogP contribution in [0.1, 0.15) is 41.2 Å². The summed E-state index contributed by atoms with van der Waals surface area (Å²) in [7, 11) is 0. The first kappa shape index (κ1) is 19.8. The molecule has 1 saturated heterocycles. The summed E-state index contributed by atoms with van der Waals surface area (Å²) >= 11 is 0. The Kier molecular flexibility index (Phi) is 5.08. The second kappa shape index (κ2) is 7.42. The molecule has 0 unspecified atom stereocenters. The number of aryl methyl sites for hydroxylation is 1. The lowest BCUT2D eigenvalue weighted by atomic mass is 9.86. The summed E-state index contributed by atoms with van der Waals surface area (Å²) in [6, 6.07) is 1.26. The van der Waals surface area contributed by atoms with Gasteiger partial charge in [0.25, 0.3) is 0 Å². The molecular weight excluding hydrogens is 379 g/mol. The number of carboxylic acid groups (broad SMARTS) is 1. The Morgan fingerprint density at radius 1 is 1.21 bits per heavy atom. The highest BCUT2D eigenvalue weighted by molar-refractivity contribution is 5.95. The summed E-state index contributed by atoms with van der Waals surface area (Å²) in [5, 5.41) is 28.7. The summed E-state index contributed by atoms with van der Waals surface area (Å²) in [5.74, 6) is -2.08. The van der Waals surface area contributed by atoms with E-state index in [0.29, 0.717) is 36.3 Å². The number of benzene rings is 1.